The fourth-order valence-electron chi connectivity index (χ4n) is 2.34. The summed E-state index contributed by atoms with van der Waals surface area (Å²) in [6, 6.07) is 0. The molecule has 0 spiro atoms. The number of ether oxygens (including phenoxy) is 2. The summed E-state index contributed by atoms with van der Waals surface area (Å²) in [4.78, 5) is 33.3. The molecule has 0 aromatic carbocycles. The Hall–Kier alpha value is -0.990. The third kappa shape index (κ3) is 17.8. The van der Waals surface area contributed by atoms with Crippen molar-refractivity contribution in [1.82, 2.24) is 0 Å². The fraction of sp³-hybridized carbons (Fsp3) is 0.900. The van der Waals surface area contributed by atoms with Crippen LogP contribution in [0.4, 0.5) is 0 Å². The maximum atomic E-state index is 12.0. The van der Waals surface area contributed by atoms with Crippen LogP contribution in [0, 0.1) is 0 Å². The van der Waals surface area contributed by atoms with Gasteiger partial charge in [-0.2, -0.15) is 0 Å². The van der Waals surface area contributed by atoms with E-state index >= 15 is 0 Å². The number of nitrogens with zero attached hydrogens (tertiary/aromatic N) is 1. The second kappa shape index (κ2) is 15.8. The van der Waals surface area contributed by atoms with E-state index in [0.717, 1.165) is 25.7 Å². The van der Waals surface area contributed by atoms with Crippen LogP contribution in [0.15, 0.2) is 0 Å². The third-order valence-electron chi connectivity index (χ3n) is 4.19. The molecule has 0 heterocycles. The van der Waals surface area contributed by atoms with E-state index in [1.54, 1.807) is 6.92 Å². The zero-order chi connectivity index (χ0) is 23.0. The van der Waals surface area contributed by atoms with E-state index in [4.69, 9.17) is 18.5 Å². The zero-order valence-electron chi connectivity index (χ0n) is 19.3. The molecule has 30 heavy (non-hydrogen) atoms. The molecule has 0 aromatic rings. The van der Waals surface area contributed by atoms with Crippen molar-refractivity contribution in [2.45, 2.75) is 71.3 Å². The van der Waals surface area contributed by atoms with Gasteiger partial charge in [-0.3, -0.25) is 18.6 Å². The summed E-state index contributed by atoms with van der Waals surface area (Å²) >= 11 is 0. The molecule has 0 aliphatic heterocycles. The smallest absolute Gasteiger partial charge is 0.462 e. The second-order valence-corrected chi connectivity index (χ2v) is 9.73. The minimum Gasteiger partial charge on any atom is -0.462 e. The van der Waals surface area contributed by atoms with Crippen molar-refractivity contribution < 1.29 is 42.1 Å². The van der Waals surface area contributed by atoms with Gasteiger partial charge in [-0.25, -0.2) is 4.57 Å². The molecule has 9 nitrogen and oxygen atoms in total. The molecule has 0 bridgehead atoms. The van der Waals surface area contributed by atoms with Gasteiger partial charge in [-0.05, 0) is 6.42 Å². The lowest BCUT2D eigenvalue weighted by molar-refractivity contribution is -0.870. The van der Waals surface area contributed by atoms with Crippen LogP contribution in [-0.2, 0) is 32.7 Å². The zero-order valence-corrected chi connectivity index (χ0v) is 20.2. The van der Waals surface area contributed by atoms with Gasteiger partial charge in [0.05, 0.1) is 27.7 Å². The first-order valence-corrected chi connectivity index (χ1v) is 12.3. The van der Waals surface area contributed by atoms with Gasteiger partial charge in [0, 0.05) is 12.8 Å². The predicted molar refractivity (Wildman–Crippen MR) is 114 cm³/mol. The summed E-state index contributed by atoms with van der Waals surface area (Å²) in [6.07, 6.45) is 5.75. The van der Waals surface area contributed by atoms with Gasteiger partial charge in [-0.1, -0.05) is 46.0 Å². The Kier molecular flexibility index (Phi) is 15.2. The second-order valence-electron chi connectivity index (χ2n) is 8.28. The summed E-state index contributed by atoms with van der Waals surface area (Å²) < 4.78 is 32.7. The van der Waals surface area contributed by atoms with Crippen molar-refractivity contribution in [2.24, 2.45) is 0 Å². The lowest BCUT2D eigenvalue weighted by Gasteiger charge is -2.24. The first-order valence-electron chi connectivity index (χ1n) is 10.8. The monoisotopic (exact) mass is 454 g/mol. The van der Waals surface area contributed by atoms with E-state index in [1.807, 2.05) is 21.1 Å². The van der Waals surface area contributed by atoms with E-state index in [-0.39, 0.29) is 26.1 Å². The Balaban J connectivity index is 4.37. The van der Waals surface area contributed by atoms with E-state index in [0.29, 0.717) is 11.0 Å². The molecule has 0 amide bonds. The van der Waals surface area contributed by atoms with Crippen molar-refractivity contribution >= 4 is 19.8 Å². The maximum Gasteiger partial charge on any atom is 0.472 e. The van der Waals surface area contributed by atoms with Crippen LogP contribution < -0.4 is 0 Å². The van der Waals surface area contributed by atoms with Crippen molar-refractivity contribution in [2.75, 3.05) is 47.5 Å². The van der Waals surface area contributed by atoms with Crippen molar-refractivity contribution in [3.8, 4) is 0 Å². The molecule has 10 heteroatoms. The molecular weight excluding hydrogens is 413 g/mol. The van der Waals surface area contributed by atoms with Gasteiger partial charge in [-0.15, -0.1) is 0 Å². The summed E-state index contributed by atoms with van der Waals surface area (Å²) in [5.41, 5.74) is 0. The van der Waals surface area contributed by atoms with Crippen LogP contribution in [0.25, 0.3) is 0 Å². The Labute approximate surface area is 181 Å². The van der Waals surface area contributed by atoms with Crippen LogP contribution in [0.5, 0.6) is 0 Å². The number of hydrogen-bond donors (Lipinski definition) is 1. The molecule has 178 valence electrons. The molecule has 1 N–H and O–H groups in total. The van der Waals surface area contributed by atoms with Crippen LogP contribution in [0.2, 0.25) is 0 Å². The van der Waals surface area contributed by atoms with Crippen molar-refractivity contribution in [3.05, 3.63) is 0 Å². The number of likely N-dealkylation sites (N-methyl/N-ethyl adjacent to an activating group) is 1. The largest absolute Gasteiger partial charge is 0.472 e. The standard InChI is InChI=1S/C20H40NO8P/c1-6-8-9-10-11-12-13-20(23)26-16-18(29-19(22)7-2)17-28-30(24,25)27-15-14-21(3,4)5/h18H,6-17H2,1-5H3/p+1/t18-/m0/s1. The lowest BCUT2D eigenvalue weighted by atomic mass is 10.1. The van der Waals surface area contributed by atoms with Gasteiger partial charge < -0.3 is 18.9 Å². The van der Waals surface area contributed by atoms with E-state index in [2.05, 4.69) is 6.92 Å². The fourth-order valence-corrected chi connectivity index (χ4v) is 3.08. The Morgan fingerprint density at radius 2 is 1.57 bits per heavy atom. The molecule has 0 aliphatic carbocycles. The Bertz CT molecular complexity index is 535. The molecule has 0 rings (SSSR count). The Morgan fingerprint density at radius 3 is 2.17 bits per heavy atom. The molecule has 2 atom stereocenters. The molecule has 0 saturated carbocycles. The van der Waals surface area contributed by atoms with E-state index in [9.17, 15) is 19.0 Å². The third-order valence-corrected chi connectivity index (χ3v) is 5.18. The number of quaternary nitrogens is 1. The summed E-state index contributed by atoms with van der Waals surface area (Å²) in [7, 11) is 1.46. The molecule has 0 aliphatic rings. The van der Waals surface area contributed by atoms with Gasteiger partial charge in [0.15, 0.2) is 6.10 Å². The summed E-state index contributed by atoms with van der Waals surface area (Å²) in [5.74, 6) is -0.913. The molecular formula is C20H41NO8P+. The van der Waals surface area contributed by atoms with Crippen molar-refractivity contribution in [1.29, 1.82) is 0 Å². The average Bonchev–Trinajstić information content (AvgIpc) is 2.65. The number of unbranched alkanes of at least 4 members (excludes halogenated alkanes) is 5. The first kappa shape index (κ1) is 29.0. The molecule has 1 unspecified atom stereocenters. The van der Waals surface area contributed by atoms with Crippen molar-refractivity contribution in [3.63, 3.8) is 0 Å². The van der Waals surface area contributed by atoms with E-state index in [1.165, 1.54) is 12.8 Å². The highest BCUT2D eigenvalue weighted by atomic mass is 31.2. The van der Waals surface area contributed by atoms with Crippen LogP contribution in [0.3, 0.4) is 0 Å². The molecule has 0 aromatic heterocycles. The van der Waals surface area contributed by atoms with E-state index < -0.39 is 32.5 Å². The minimum absolute atomic E-state index is 0.0317. The molecule has 0 saturated heterocycles. The average molecular weight is 455 g/mol. The summed E-state index contributed by atoms with van der Waals surface area (Å²) in [5, 5.41) is 0. The first-order chi connectivity index (χ1) is 14.0. The highest BCUT2D eigenvalue weighted by Gasteiger charge is 2.26. The minimum atomic E-state index is -4.30. The van der Waals surface area contributed by atoms with Gasteiger partial charge in [0.1, 0.15) is 19.8 Å². The maximum absolute atomic E-state index is 12.0. The number of carbonyl (C=O) groups excluding carboxylic acids is 2. The molecule has 0 radical (unpaired) electrons. The number of esters is 2. The predicted octanol–water partition coefficient (Wildman–Crippen LogP) is 3.44. The topological polar surface area (TPSA) is 108 Å². The van der Waals surface area contributed by atoms with Crippen LogP contribution in [-0.4, -0.2) is 74.9 Å². The SMILES string of the molecule is CCCCCCCCC(=O)OC[C@@H](COP(=O)(O)OCC[N+](C)(C)C)OC(=O)CC. The highest BCUT2D eigenvalue weighted by molar-refractivity contribution is 7.47. The van der Waals surface area contributed by atoms with Crippen LogP contribution >= 0.6 is 7.82 Å². The normalized spacial score (nSPS) is 14.7. The number of carbonyl (C=O) groups is 2. The number of phosphoric acid groups is 1. The highest BCUT2D eigenvalue weighted by Crippen LogP contribution is 2.43. The quantitative estimate of drug-likeness (QED) is 0.145. The number of hydrogen-bond acceptors (Lipinski definition) is 7. The summed E-state index contributed by atoms with van der Waals surface area (Å²) in [6.45, 7) is 3.67. The van der Waals surface area contributed by atoms with Gasteiger partial charge in [0.2, 0.25) is 0 Å². The van der Waals surface area contributed by atoms with Gasteiger partial charge in [0.25, 0.3) is 0 Å². The Morgan fingerprint density at radius 1 is 0.933 bits per heavy atom. The lowest BCUT2D eigenvalue weighted by Crippen LogP contribution is -2.37. The number of phosphoric ester groups is 1. The van der Waals surface area contributed by atoms with Gasteiger partial charge >= 0.3 is 19.8 Å². The molecule has 0 fully saturated rings. The van der Waals surface area contributed by atoms with Crippen LogP contribution in [0.1, 0.15) is 65.2 Å². The number of rotatable bonds is 18.